The maximum atomic E-state index is 13.1. The number of nitrogens with zero attached hydrogens (tertiary/aromatic N) is 3. The first-order valence-electron chi connectivity index (χ1n) is 9.56. The van der Waals surface area contributed by atoms with Crippen molar-refractivity contribution < 1.29 is 9.21 Å². The second-order valence-corrected chi connectivity index (χ2v) is 7.26. The van der Waals surface area contributed by atoms with E-state index in [-0.39, 0.29) is 11.5 Å². The number of hydrogen-bond donors (Lipinski definition) is 1. The number of hydrogen-bond acceptors (Lipinski definition) is 4. The normalized spacial score (nSPS) is 12.5. The zero-order valence-corrected chi connectivity index (χ0v) is 16.9. The Balaban J connectivity index is 1.70. The lowest BCUT2D eigenvalue weighted by Crippen LogP contribution is -2.39. The van der Waals surface area contributed by atoms with Crippen molar-refractivity contribution in [1.29, 1.82) is 0 Å². The van der Waals surface area contributed by atoms with Crippen molar-refractivity contribution in [3.05, 3.63) is 69.4 Å². The van der Waals surface area contributed by atoms with Gasteiger partial charge in [-0.15, -0.1) is 0 Å². The lowest BCUT2D eigenvalue weighted by atomic mass is 10.2. The van der Waals surface area contributed by atoms with E-state index in [9.17, 15) is 9.59 Å². The Morgan fingerprint density at radius 1 is 1.24 bits per heavy atom. The Morgan fingerprint density at radius 3 is 2.79 bits per heavy atom. The molecule has 0 aliphatic carbocycles. The zero-order chi connectivity index (χ0) is 20.5. The van der Waals surface area contributed by atoms with E-state index in [4.69, 9.17) is 16.0 Å². The van der Waals surface area contributed by atoms with Crippen LogP contribution in [-0.4, -0.2) is 20.1 Å². The van der Waals surface area contributed by atoms with Crippen molar-refractivity contribution in [2.45, 2.75) is 39.3 Å². The topological polar surface area (TPSA) is 81.5 Å². The van der Waals surface area contributed by atoms with Crippen LogP contribution in [0.5, 0.6) is 0 Å². The quantitative estimate of drug-likeness (QED) is 0.523. The smallest absolute Gasteiger partial charge is 0.291 e. The van der Waals surface area contributed by atoms with Crippen LogP contribution in [-0.2, 0) is 17.8 Å². The van der Waals surface area contributed by atoms with E-state index in [0.29, 0.717) is 41.3 Å². The van der Waals surface area contributed by atoms with Crippen molar-refractivity contribution >= 4 is 34.1 Å². The fourth-order valence-corrected chi connectivity index (χ4v) is 3.77. The Bertz CT molecular complexity index is 1250. The second kappa shape index (κ2) is 7.75. The molecule has 0 saturated heterocycles. The van der Waals surface area contributed by atoms with Crippen LogP contribution in [0.4, 0.5) is 0 Å². The summed E-state index contributed by atoms with van der Waals surface area (Å²) in [5, 5.41) is 8.02. The van der Waals surface area contributed by atoms with Gasteiger partial charge in [-0.2, -0.15) is 5.10 Å². The van der Waals surface area contributed by atoms with Gasteiger partial charge in [0.2, 0.25) is 5.91 Å². The van der Waals surface area contributed by atoms with Crippen LogP contribution in [0.3, 0.4) is 0 Å². The first-order valence-corrected chi connectivity index (χ1v) is 9.93. The molecule has 0 saturated carbocycles. The SMILES string of the molecule is CCc1nn([C@@H](CC)C(=O)NCc2cccc(Cl)c2)c(=O)c2cc3occc3n12. The summed E-state index contributed by atoms with van der Waals surface area (Å²) in [7, 11) is 0. The molecule has 1 aromatic carbocycles. The summed E-state index contributed by atoms with van der Waals surface area (Å²) in [6.07, 6.45) is 2.62. The number of carbonyl (C=O) groups is 1. The van der Waals surface area contributed by atoms with E-state index in [1.807, 2.05) is 32.0 Å². The first-order chi connectivity index (χ1) is 14.0. The Morgan fingerprint density at radius 2 is 2.07 bits per heavy atom. The molecule has 8 heteroatoms. The molecule has 7 nitrogen and oxygen atoms in total. The predicted molar refractivity (Wildman–Crippen MR) is 111 cm³/mol. The Labute approximate surface area is 171 Å². The van der Waals surface area contributed by atoms with E-state index in [2.05, 4.69) is 10.4 Å². The summed E-state index contributed by atoms with van der Waals surface area (Å²) in [5.41, 5.74) is 2.44. The number of benzene rings is 1. The number of fused-ring (bicyclic) bond motifs is 3. The van der Waals surface area contributed by atoms with Gasteiger partial charge >= 0.3 is 0 Å². The highest BCUT2D eigenvalue weighted by molar-refractivity contribution is 6.30. The van der Waals surface area contributed by atoms with Gasteiger partial charge in [-0.25, -0.2) is 4.68 Å². The molecular weight excluding hydrogens is 392 g/mol. The molecule has 1 amide bonds. The fourth-order valence-electron chi connectivity index (χ4n) is 3.56. The zero-order valence-electron chi connectivity index (χ0n) is 16.2. The molecule has 1 N–H and O–H groups in total. The molecule has 0 radical (unpaired) electrons. The third kappa shape index (κ3) is 3.42. The molecule has 0 unspecified atom stereocenters. The largest absolute Gasteiger partial charge is 0.463 e. The van der Waals surface area contributed by atoms with Gasteiger partial charge in [0.15, 0.2) is 5.58 Å². The molecule has 0 fully saturated rings. The van der Waals surface area contributed by atoms with Crippen LogP contribution < -0.4 is 10.9 Å². The van der Waals surface area contributed by atoms with Gasteiger partial charge < -0.3 is 9.73 Å². The number of rotatable bonds is 6. The molecule has 150 valence electrons. The van der Waals surface area contributed by atoms with Gasteiger partial charge in [-0.05, 0) is 24.1 Å². The molecule has 0 bridgehead atoms. The summed E-state index contributed by atoms with van der Waals surface area (Å²) in [6, 6.07) is 10.1. The van der Waals surface area contributed by atoms with Crippen molar-refractivity contribution in [2.24, 2.45) is 0 Å². The van der Waals surface area contributed by atoms with Crippen molar-refractivity contribution in [2.75, 3.05) is 0 Å². The minimum absolute atomic E-state index is 0.260. The van der Waals surface area contributed by atoms with E-state index >= 15 is 0 Å². The summed E-state index contributed by atoms with van der Waals surface area (Å²) in [4.78, 5) is 26.0. The third-order valence-corrected chi connectivity index (χ3v) is 5.22. The lowest BCUT2D eigenvalue weighted by molar-refractivity contribution is -0.125. The maximum absolute atomic E-state index is 13.1. The fraction of sp³-hybridized carbons (Fsp3) is 0.286. The summed E-state index contributed by atoms with van der Waals surface area (Å²) in [6.45, 7) is 4.14. The molecule has 1 atom stereocenters. The van der Waals surface area contributed by atoms with Crippen LogP contribution in [0.2, 0.25) is 5.02 Å². The number of nitrogens with one attached hydrogen (secondary N) is 1. The highest BCUT2D eigenvalue weighted by Gasteiger charge is 2.24. The second-order valence-electron chi connectivity index (χ2n) is 6.83. The number of carbonyl (C=O) groups excluding carboxylic acids is 1. The van der Waals surface area contributed by atoms with Crippen LogP contribution >= 0.6 is 11.6 Å². The van der Waals surface area contributed by atoms with Gasteiger partial charge in [-0.3, -0.25) is 14.0 Å². The minimum Gasteiger partial charge on any atom is -0.463 e. The molecule has 29 heavy (non-hydrogen) atoms. The highest BCUT2D eigenvalue weighted by Crippen LogP contribution is 2.21. The predicted octanol–water partition coefficient (Wildman–Crippen LogP) is 3.73. The molecule has 3 aromatic heterocycles. The van der Waals surface area contributed by atoms with Crippen molar-refractivity contribution in [1.82, 2.24) is 19.5 Å². The average molecular weight is 413 g/mol. The van der Waals surface area contributed by atoms with Gasteiger partial charge in [0.1, 0.15) is 17.4 Å². The van der Waals surface area contributed by atoms with E-state index in [0.717, 1.165) is 11.1 Å². The van der Waals surface area contributed by atoms with E-state index in [1.54, 1.807) is 28.9 Å². The molecule has 0 aliphatic rings. The van der Waals surface area contributed by atoms with Gasteiger partial charge in [0.25, 0.3) is 5.56 Å². The molecule has 4 rings (SSSR count). The number of halogens is 1. The van der Waals surface area contributed by atoms with Crippen LogP contribution in [0.25, 0.3) is 16.6 Å². The molecule has 4 aromatic rings. The molecule has 0 spiro atoms. The summed E-state index contributed by atoms with van der Waals surface area (Å²) >= 11 is 6.00. The van der Waals surface area contributed by atoms with Gasteiger partial charge in [0.05, 0.1) is 11.8 Å². The molecule has 0 aliphatic heterocycles. The van der Waals surface area contributed by atoms with Crippen LogP contribution in [0, 0.1) is 0 Å². The summed E-state index contributed by atoms with van der Waals surface area (Å²) in [5.74, 6) is 0.431. The van der Waals surface area contributed by atoms with Crippen molar-refractivity contribution in [3.63, 3.8) is 0 Å². The lowest BCUT2D eigenvalue weighted by Gasteiger charge is -2.18. The molecule has 3 heterocycles. The standard InChI is InChI=1S/C21H21ClN4O3/c1-3-15(20(27)23-12-13-6-5-7-14(22)10-13)26-21(28)17-11-18-16(8-9-29-18)25(17)19(4-2)24-26/h5-11,15H,3-4,12H2,1-2H3,(H,23,27)/t15-/m0/s1. The number of amides is 1. The number of aryl methyl sites for hydroxylation is 1. The number of furan rings is 1. The Hall–Kier alpha value is -3.06. The first kappa shape index (κ1) is 19.3. The third-order valence-electron chi connectivity index (χ3n) is 4.99. The Kier molecular flexibility index (Phi) is 5.15. The van der Waals surface area contributed by atoms with Crippen molar-refractivity contribution in [3.8, 4) is 0 Å². The minimum atomic E-state index is -0.710. The highest BCUT2D eigenvalue weighted by atomic mass is 35.5. The maximum Gasteiger partial charge on any atom is 0.291 e. The molecular formula is C21H21ClN4O3. The summed E-state index contributed by atoms with van der Waals surface area (Å²) < 4.78 is 8.53. The average Bonchev–Trinajstić information content (AvgIpc) is 3.30. The van der Waals surface area contributed by atoms with E-state index in [1.165, 1.54) is 4.68 Å². The monoisotopic (exact) mass is 412 g/mol. The number of aromatic nitrogens is 3. The van der Waals surface area contributed by atoms with Gasteiger partial charge in [-0.1, -0.05) is 37.6 Å². The van der Waals surface area contributed by atoms with Crippen LogP contribution in [0.15, 0.2) is 51.9 Å². The van der Waals surface area contributed by atoms with Gasteiger partial charge in [0, 0.05) is 30.1 Å². The van der Waals surface area contributed by atoms with Crippen LogP contribution in [0.1, 0.15) is 37.7 Å². The van der Waals surface area contributed by atoms with E-state index < -0.39 is 6.04 Å².